The fourth-order valence-electron chi connectivity index (χ4n) is 1.10. The van der Waals surface area contributed by atoms with E-state index in [2.05, 4.69) is 15.9 Å². The lowest BCUT2D eigenvalue weighted by atomic mass is 10.2. The van der Waals surface area contributed by atoms with E-state index < -0.39 is 23.7 Å². The molecule has 0 aliphatic heterocycles. The van der Waals surface area contributed by atoms with Crippen molar-refractivity contribution in [1.82, 2.24) is 0 Å². The van der Waals surface area contributed by atoms with Gasteiger partial charge in [-0.25, -0.2) is 8.78 Å². The maximum atomic E-state index is 12.9. The molecule has 1 rings (SSSR count). The number of benzene rings is 1. The molecule has 0 saturated carbocycles. The quantitative estimate of drug-likeness (QED) is 0.869. The molecule has 88 valence electrons. The van der Waals surface area contributed by atoms with Crippen molar-refractivity contribution in [2.24, 2.45) is 0 Å². The molecule has 0 fully saturated rings. The predicted molar refractivity (Wildman–Crippen MR) is 56.4 cm³/mol. The molecule has 0 radical (unpaired) electrons. The minimum Gasteiger partial charge on any atom is -0.489 e. The summed E-state index contributed by atoms with van der Waals surface area (Å²) < 4.78 is 31.0. The van der Waals surface area contributed by atoms with E-state index in [4.69, 9.17) is 9.84 Å². The minimum atomic E-state index is -1.04. The molecular weight excluding hydrogens is 286 g/mol. The smallest absolute Gasteiger partial charge is 0.307 e. The molecule has 0 saturated heterocycles. The molecule has 0 amide bonds. The molecule has 0 aliphatic rings. The van der Waals surface area contributed by atoms with Gasteiger partial charge in [-0.15, -0.1) is 0 Å². The second-order valence-electron chi connectivity index (χ2n) is 3.22. The standard InChI is InChI=1S/C10H9BrF2O3/c1-5(2-10(14)15)16-9-4-8(13)7(12)3-6(9)11/h3-5H,2H2,1H3,(H,14,15)/t5-/m0/s1. The molecule has 1 N–H and O–H groups in total. The number of hydrogen-bond donors (Lipinski definition) is 1. The molecule has 3 nitrogen and oxygen atoms in total. The first-order chi connectivity index (χ1) is 7.40. The molecule has 1 aromatic carbocycles. The summed E-state index contributed by atoms with van der Waals surface area (Å²) in [6, 6.07) is 1.80. The van der Waals surface area contributed by atoms with Gasteiger partial charge in [0.15, 0.2) is 11.6 Å². The van der Waals surface area contributed by atoms with Gasteiger partial charge in [0.2, 0.25) is 0 Å². The number of halogens is 3. The molecule has 16 heavy (non-hydrogen) atoms. The van der Waals surface area contributed by atoms with Gasteiger partial charge in [0.1, 0.15) is 11.9 Å². The van der Waals surface area contributed by atoms with Crippen molar-refractivity contribution >= 4 is 21.9 Å². The van der Waals surface area contributed by atoms with Crippen LogP contribution < -0.4 is 4.74 Å². The molecule has 0 bridgehead atoms. The van der Waals surface area contributed by atoms with Gasteiger partial charge in [0.05, 0.1) is 10.9 Å². The van der Waals surface area contributed by atoms with Crippen molar-refractivity contribution in [2.75, 3.05) is 0 Å². The lowest BCUT2D eigenvalue weighted by Gasteiger charge is -2.14. The van der Waals surface area contributed by atoms with Crippen molar-refractivity contribution in [3.63, 3.8) is 0 Å². The zero-order chi connectivity index (χ0) is 12.3. The van der Waals surface area contributed by atoms with E-state index in [1.54, 1.807) is 0 Å². The van der Waals surface area contributed by atoms with Crippen LogP contribution in [0.25, 0.3) is 0 Å². The van der Waals surface area contributed by atoms with Gasteiger partial charge < -0.3 is 9.84 Å². The van der Waals surface area contributed by atoms with Gasteiger partial charge in [-0.05, 0) is 28.9 Å². The lowest BCUT2D eigenvalue weighted by Crippen LogP contribution is -2.17. The molecule has 0 heterocycles. The summed E-state index contributed by atoms with van der Waals surface area (Å²) in [5.74, 6) is -2.98. The van der Waals surface area contributed by atoms with E-state index in [9.17, 15) is 13.6 Å². The van der Waals surface area contributed by atoms with Crippen LogP contribution in [0.4, 0.5) is 8.78 Å². The lowest BCUT2D eigenvalue weighted by molar-refractivity contribution is -0.138. The van der Waals surface area contributed by atoms with Crippen molar-refractivity contribution in [2.45, 2.75) is 19.4 Å². The summed E-state index contributed by atoms with van der Waals surface area (Å²) in [5.41, 5.74) is 0. The predicted octanol–water partition coefficient (Wildman–Crippen LogP) is 2.97. The van der Waals surface area contributed by atoms with E-state index in [0.717, 1.165) is 12.1 Å². The highest BCUT2D eigenvalue weighted by atomic mass is 79.9. The highest BCUT2D eigenvalue weighted by Gasteiger charge is 2.14. The summed E-state index contributed by atoms with van der Waals surface area (Å²) in [4.78, 5) is 10.4. The summed E-state index contributed by atoms with van der Waals surface area (Å²) in [7, 11) is 0. The SMILES string of the molecule is C[C@@H](CC(=O)O)Oc1cc(F)c(F)cc1Br. The molecule has 6 heteroatoms. The molecule has 0 spiro atoms. The van der Waals surface area contributed by atoms with Gasteiger partial charge in [0, 0.05) is 6.07 Å². The van der Waals surface area contributed by atoms with E-state index in [1.165, 1.54) is 6.92 Å². The number of aliphatic carboxylic acids is 1. The molecule has 0 aromatic heterocycles. The number of carboxylic acids is 1. The largest absolute Gasteiger partial charge is 0.489 e. The minimum absolute atomic E-state index is 0.0765. The first-order valence-corrected chi connectivity index (χ1v) is 5.22. The summed E-state index contributed by atoms with van der Waals surface area (Å²) in [6.45, 7) is 1.53. The van der Waals surface area contributed by atoms with Gasteiger partial charge in [-0.1, -0.05) is 0 Å². The third-order valence-electron chi connectivity index (χ3n) is 1.77. The van der Waals surface area contributed by atoms with Gasteiger partial charge in [-0.3, -0.25) is 4.79 Å². The molecule has 1 atom stereocenters. The van der Waals surface area contributed by atoms with Crippen molar-refractivity contribution in [3.05, 3.63) is 28.2 Å². The Kier molecular flexibility index (Phi) is 4.23. The van der Waals surface area contributed by atoms with Gasteiger partial charge in [-0.2, -0.15) is 0 Å². The van der Waals surface area contributed by atoms with Crippen LogP contribution in [0.1, 0.15) is 13.3 Å². The fourth-order valence-corrected chi connectivity index (χ4v) is 1.51. The number of carboxylic acid groups (broad SMARTS) is 1. The number of carbonyl (C=O) groups is 1. The number of ether oxygens (including phenoxy) is 1. The average Bonchev–Trinajstić information content (AvgIpc) is 2.12. The fraction of sp³-hybridized carbons (Fsp3) is 0.300. The van der Waals surface area contributed by atoms with Crippen LogP contribution in [0.5, 0.6) is 5.75 Å². The first kappa shape index (κ1) is 12.9. The van der Waals surface area contributed by atoms with Crippen LogP contribution in [0, 0.1) is 11.6 Å². The zero-order valence-corrected chi connectivity index (χ0v) is 9.92. The molecule has 0 aliphatic carbocycles. The third-order valence-corrected chi connectivity index (χ3v) is 2.38. The van der Waals surface area contributed by atoms with Crippen molar-refractivity contribution in [3.8, 4) is 5.75 Å². The molecule has 1 aromatic rings. The van der Waals surface area contributed by atoms with E-state index in [1.807, 2.05) is 0 Å². The summed E-state index contributed by atoms with van der Waals surface area (Å²) in [6.07, 6.45) is -0.843. The highest BCUT2D eigenvalue weighted by molar-refractivity contribution is 9.10. The third kappa shape index (κ3) is 3.44. The monoisotopic (exact) mass is 294 g/mol. The summed E-state index contributed by atoms with van der Waals surface area (Å²) >= 11 is 3.00. The average molecular weight is 295 g/mol. The number of hydrogen-bond acceptors (Lipinski definition) is 2. The highest BCUT2D eigenvalue weighted by Crippen LogP contribution is 2.28. The van der Waals surface area contributed by atoms with Crippen LogP contribution in [-0.4, -0.2) is 17.2 Å². The zero-order valence-electron chi connectivity index (χ0n) is 8.34. The van der Waals surface area contributed by atoms with Crippen LogP contribution in [0.2, 0.25) is 0 Å². The Balaban J connectivity index is 2.81. The Morgan fingerprint density at radius 2 is 2.06 bits per heavy atom. The Bertz CT molecular complexity index is 409. The maximum absolute atomic E-state index is 12.9. The Morgan fingerprint density at radius 3 is 2.62 bits per heavy atom. The van der Waals surface area contributed by atoms with E-state index in [-0.39, 0.29) is 16.6 Å². The molecular formula is C10H9BrF2O3. The van der Waals surface area contributed by atoms with Crippen LogP contribution in [-0.2, 0) is 4.79 Å². The molecule has 0 unspecified atom stereocenters. The second kappa shape index (κ2) is 5.25. The second-order valence-corrected chi connectivity index (χ2v) is 4.08. The van der Waals surface area contributed by atoms with Crippen molar-refractivity contribution in [1.29, 1.82) is 0 Å². The van der Waals surface area contributed by atoms with Crippen molar-refractivity contribution < 1.29 is 23.4 Å². The first-order valence-electron chi connectivity index (χ1n) is 4.43. The van der Waals surface area contributed by atoms with E-state index in [0.29, 0.717) is 0 Å². The Labute approximate surface area is 99.2 Å². The Morgan fingerprint density at radius 1 is 1.50 bits per heavy atom. The van der Waals surface area contributed by atoms with Gasteiger partial charge in [0.25, 0.3) is 0 Å². The number of rotatable bonds is 4. The normalized spacial score (nSPS) is 12.2. The van der Waals surface area contributed by atoms with Crippen LogP contribution in [0.3, 0.4) is 0 Å². The summed E-state index contributed by atoms with van der Waals surface area (Å²) in [5, 5.41) is 8.50. The van der Waals surface area contributed by atoms with Crippen LogP contribution in [0.15, 0.2) is 16.6 Å². The Hall–Kier alpha value is -1.17. The van der Waals surface area contributed by atoms with E-state index >= 15 is 0 Å². The van der Waals surface area contributed by atoms with Gasteiger partial charge >= 0.3 is 5.97 Å². The van der Waals surface area contributed by atoms with Crippen LogP contribution >= 0.6 is 15.9 Å². The topological polar surface area (TPSA) is 46.5 Å². The maximum Gasteiger partial charge on any atom is 0.307 e.